The number of aliphatic hydroxyl groups is 1. The Hall–Kier alpha value is -0.0800. The molecule has 2 heteroatoms. The van der Waals surface area contributed by atoms with E-state index in [1.807, 2.05) is 0 Å². The van der Waals surface area contributed by atoms with Crippen LogP contribution in [0.4, 0.5) is 0 Å². The van der Waals surface area contributed by atoms with Crippen LogP contribution in [0.3, 0.4) is 0 Å². The summed E-state index contributed by atoms with van der Waals surface area (Å²) in [6.45, 7) is 2.81. The summed E-state index contributed by atoms with van der Waals surface area (Å²) in [4.78, 5) is 0. The van der Waals surface area contributed by atoms with E-state index >= 15 is 0 Å². The van der Waals surface area contributed by atoms with Crippen LogP contribution in [0.1, 0.15) is 32.6 Å². The van der Waals surface area contributed by atoms with E-state index in [0.717, 1.165) is 19.3 Å². The van der Waals surface area contributed by atoms with E-state index in [2.05, 4.69) is 6.92 Å². The van der Waals surface area contributed by atoms with Crippen LogP contribution in [-0.4, -0.2) is 17.3 Å². The van der Waals surface area contributed by atoms with Crippen LogP contribution >= 0.6 is 0 Å². The van der Waals surface area contributed by atoms with Gasteiger partial charge in [0, 0.05) is 12.0 Å². The lowest BCUT2D eigenvalue weighted by atomic mass is 9.62. The van der Waals surface area contributed by atoms with Crippen molar-refractivity contribution >= 4 is 0 Å². The van der Waals surface area contributed by atoms with Crippen molar-refractivity contribution in [2.24, 2.45) is 17.1 Å². The van der Waals surface area contributed by atoms with Gasteiger partial charge < -0.3 is 10.8 Å². The van der Waals surface area contributed by atoms with Gasteiger partial charge in [-0.25, -0.2) is 0 Å². The molecule has 0 spiro atoms. The van der Waals surface area contributed by atoms with E-state index < -0.39 is 0 Å². The predicted octanol–water partition coefficient (Wildman–Crippen LogP) is 0.886. The smallest absolute Gasteiger partial charge is 0.0741 e. The van der Waals surface area contributed by atoms with Crippen molar-refractivity contribution in [3.63, 3.8) is 0 Å². The molecule has 0 aromatic heterocycles. The molecule has 0 heterocycles. The zero-order chi connectivity index (χ0) is 8.11. The van der Waals surface area contributed by atoms with Crippen molar-refractivity contribution in [3.05, 3.63) is 0 Å². The molecule has 0 radical (unpaired) electrons. The minimum absolute atomic E-state index is 0.130. The lowest BCUT2D eigenvalue weighted by Crippen LogP contribution is -2.55. The second-order valence-corrected chi connectivity index (χ2v) is 4.35. The summed E-state index contributed by atoms with van der Waals surface area (Å²) in [6.07, 6.45) is 4.44. The first kappa shape index (κ1) is 7.56. The van der Waals surface area contributed by atoms with Crippen molar-refractivity contribution < 1.29 is 5.11 Å². The standard InChI is InChI=1S/C9H17NO/c1-7-2-3-9(7,11)8(6-10)4-5-8/h7,11H,2-6,10H2,1H3. The Bertz CT molecular complexity index is 176. The van der Waals surface area contributed by atoms with Crippen molar-refractivity contribution in [1.29, 1.82) is 0 Å². The van der Waals surface area contributed by atoms with E-state index in [4.69, 9.17) is 5.73 Å². The van der Waals surface area contributed by atoms with Crippen molar-refractivity contribution in [2.45, 2.75) is 38.2 Å². The third-order valence-electron chi connectivity index (χ3n) is 3.94. The lowest BCUT2D eigenvalue weighted by molar-refractivity contribution is -0.139. The molecule has 64 valence electrons. The molecular weight excluding hydrogens is 138 g/mol. The highest BCUT2D eigenvalue weighted by Gasteiger charge is 2.63. The molecular formula is C9H17NO. The number of rotatable bonds is 2. The summed E-state index contributed by atoms with van der Waals surface area (Å²) < 4.78 is 0. The van der Waals surface area contributed by atoms with Gasteiger partial charge in [0.25, 0.3) is 0 Å². The molecule has 3 N–H and O–H groups in total. The Labute approximate surface area is 67.8 Å². The molecule has 0 saturated heterocycles. The molecule has 2 rings (SSSR count). The zero-order valence-electron chi connectivity index (χ0n) is 7.14. The molecule has 2 aliphatic rings. The molecule has 0 aliphatic heterocycles. The molecule has 2 aliphatic carbocycles. The maximum atomic E-state index is 10.2. The van der Waals surface area contributed by atoms with Gasteiger partial charge in [0.15, 0.2) is 0 Å². The maximum Gasteiger partial charge on any atom is 0.0741 e. The molecule has 0 aromatic rings. The SMILES string of the molecule is CC1CCC1(O)C1(CN)CC1. The van der Waals surface area contributed by atoms with Crippen LogP contribution in [0.2, 0.25) is 0 Å². The van der Waals surface area contributed by atoms with Gasteiger partial charge in [-0.3, -0.25) is 0 Å². The Morgan fingerprint density at radius 3 is 2.18 bits per heavy atom. The van der Waals surface area contributed by atoms with Gasteiger partial charge in [-0.2, -0.15) is 0 Å². The number of hydrogen-bond donors (Lipinski definition) is 2. The quantitative estimate of drug-likeness (QED) is 0.622. The summed E-state index contributed by atoms with van der Waals surface area (Å²) >= 11 is 0. The van der Waals surface area contributed by atoms with Crippen LogP contribution in [0, 0.1) is 11.3 Å². The van der Waals surface area contributed by atoms with Crippen LogP contribution in [0.5, 0.6) is 0 Å². The predicted molar refractivity (Wildman–Crippen MR) is 44.1 cm³/mol. The average molecular weight is 155 g/mol. The third kappa shape index (κ3) is 0.744. The molecule has 2 atom stereocenters. The summed E-state index contributed by atoms with van der Waals surface area (Å²) in [5, 5.41) is 10.2. The molecule has 0 bridgehead atoms. The van der Waals surface area contributed by atoms with E-state index in [1.54, 1.807) is 0 Å². The molecule has 0 amide bonds. The van der Waals surface area contributed by atoms with Crippen molar-refractivity contribution in [3.8, 4) is 0 Å². The fourth-order valence-electron chi connectivity index (χ4n) is 2.46. The van der Waals surface area contributed by atoms with Gasteiger partial charge in [-0.15, -0.1) is 0 Å². The van der Waals surface area contributed by atoms with Crippen LogP contribution in [0.25, 0.3) is 0 Å². The average Bonchev–Trinajstić information content (AvgIpc) is 2.81. The third-order valence-corrected chi connectivity index (χ3v) is 3.94. The fourth-order valence-corrected chi connectivity index (χ4v) is 2.46. The highest BCUT2D eigenvalue weighted by Crippen LogP contribution is 2.62. The number of nitrogens with two attached hydrogens (primary N) is 1. The van der Waals surface area contributed by atoms with Gasteiger partial charge in [-0.1, -0.05) is 6.92 Å². The normalized spacial score (nSPS) is 46.6. The highest BCUT2D eigenvalue weighted by atomic mass is 16.3. The molecule has 2 nitrogen and oxygen atoms in total. The Kier molecular flexibility index (Phi) is 1.37. The monoisotopic (exact) mass is 155 g/mol. The zero-order valence-corrected chi connectivity index (χ0v) is 7.14. The first-order valence-corrected chi connectivity index (χ1v) is 4.57. The molecule has 2 fully saturated rings. The molecule has 2 unspecified atom stereocenters. The first-order chi connectivity index (χ1) is 5.15. The largest absolute Gasteiger partial charge is 0.389 e. The molecule has 0 aromatic carbocycles. The van der Waals surface area contributed by atoms with Crippen molar-refractivity contribution in [1.82, 2.24) is 0 Å². The summed E-state index contributed by atoms with van der Waals surface area (Å²) in [5.74, 6) is 0.480. The van der Waals surface area contributed by atoms with Crippen LogP contribution < -0.4 is 5.73 Å². The van der Waals surface area contributed by atoms with Crippen molar-refractivity contribution in [2.75, 3.05) is 6.54 Å². The van der Waals surface area contributed by atoms with Crippen LogP contribution in [-0.2, 0) is 0 Å². The second-order valence-electron chi connectivity index (χ2n) is 4.35. The fraction of sp³-hybridized carbons (Fsp3) is 1.00. The Morgan fingerprint density at radius 1 is 1.45 bits per heavy atom. The topological polar surface area (TPSA) is 46.2 Å². The first-order valence-electron chi connectivity index (χ1n) is 4.57. The van der Waals surface area contributed by atoms with Gasteiger partial charge in [0.05, 0.1) is 5.60 Å². The lowest BCUT2D eigenvalue weighted by Gasteiger charge is -2.49. The van der Waals surface area contributed by atoms with E-state index in [0.29, 0.717) is 12.5 Å². The highest BCUT2D eigenvalue weighted by molar-refractivity contribution is 5.14. The minimum Gasteiger partial charge on any atom is -0.389 e. The minimum atomic E-state index is -0.387. The molecule has 2 saturated carbocycles. The second kappa shape index (κ2) is 1.99. The van der Waals surface area contributed by atoms with E-state index in [-0.39, 0.29) is 11.0 Å². The van der Waals surface area contributed by atoms with E-state index in [1.165, 1.54) is 6.42 Å². The maximum absolute atomic E-state index is 10.2. The van der Waals surface area contributed by atoms with Crippen LogP contribution in [0.15, 0.2) is 0 Å². The van der Waals surface area contributed by atoms with E-state index in [9.17, 15) is 5.11 Å². The van der Waals surface area contributed by atoms with Gasteiger partial charge >= 0.3 is 0 Å². The molecule has 11 heavy (non-hydrogen) atoms. The van der Waals surface area contributed by atoms with Gasteiger partial charge in [0.2, 0.25) is 0 Å². The Balaban J connectivity index is 2.14. The summed E-state index contributed by atoms with van der Waals surface area (Å²) in [6, 6.07) is 0. The summed E-state index contributed by atoms with van der Waals surface area (Å²) in [7, 11) is 0. The van der Waals surface area contributed by atoms with Gasteiger partial charge in [0.1, 0.15) is 0 Å². The Morgan fingerprint density at radius 2 is 2.09 bits per heavy atom. The summed E-state index contributed by atoms with van der Waals surface area (Å²) in [5.41, 5.74) is 5.41. The van der Waals surface area contributed by atoms with Gasteiger partial charge in [-0.05, 0) is 31.6 Å². The number of hydrogen-bond acceptors (Lipinski definition) is 2.